The number of likely N-dealkylation sites (tertiary alicyclic amines) is 2. The van der Waals surface area contributed by atoms with E-state index in [9.17, 15) is 56.8 Å². The summed E-state index contributed by atoms with van der Waals surface area (Å²) in [5, 5.41) is 23.6. The van der Waals surface area contributed by atoms with Gasteiger partial charge in [-0.25, -0.2) is 46.9 Å². The Bertz CT molecular complexity index is 5210. The number of carbonyl (C=O) groups excluding carboxylic acids is 2. The largest absolute Gasteiger partial charge is 0.416 e. The first-order valence-corrected chi connectivity index (χ1v) is 40.6. The molecular weight excluding hydrogens is 1420 g/mol. The van der Waals surface area contributed by atoms with E-state index >= 15 is 0 Å². The Kier molecular flexibility index (Phi) is 23.5. The number of amides is 2. The molecule has 15 rings (SSSR count). The molecule has 5 aliphatic rings. The number of nitrogens with zero attached hydrogens (tertiary/aromatic N) is 7. The number of alkyl halides is 3. The van der Waals surface area contributed by atoms with E-state index in [1.807, 2.05) is 64.5 Å². The number of hydrogen-bond donors (Lipinski definition) is 5. The van der Waals surface area contributed by atoms with Crippen molar-refractivity contribution in [1.82, 2.24) is 47.6 Å². The summed E-state index contributed by atoms with van der Waals surface area (Å²) in [6.07, 6.45) is 17.3. The molecule has 10 aromatic rings. The van der Waals surface area contributed by atoms with Crippen molar-refractivity contribution in [3.63, 3.8) is 0 Å². The lowest BCUT2D eigenvalue weighted by Gasteiger charge is -2.31. The van der Waals surface area contributed by atoms with Crippen LogP contribution >= 0.6 is 11.6 Å². The molecule has 0 saturated carbocycles. The number of aromatic amines is 5. The topological polar surface area (TPSA) is 279 Å². The predicted molar refractivity (Wildman–Crippen MR) is 394 cm³/mol. The molecule has 5 saturated heterocycles. The van der Waals surface area contributed by atoms with Crippen LogP contribution in [0.1, 0.15) is 152 Å². The summed E-state index contributed by atoms with van der Waals surface area (Å²) in [6, 6.07) is 27.8. The second-order valence-electron chi connectivity index (χ2n) is 27.6. The van der Waals surface area contributed by atoms with Crippen LogP contribution in [0.2, 0.25) is 5.02 Å². The first kappa shape index (κ1) is 76.5. The van der Waals surface area contributed by atoms with Gasteiger partial charge in [0.2, 0.25) is 41.9 Å². The number of benzene rings is 5. The van der Waals surface area contributed by atoms with Crippen molar-refractivity contribution in [2.45, 2.75) is 114 Å². The summed E-state index contributed by atoms with van der Waals surface area (Å²) in [5.41, 5.74) is 10.5. The monoisotopic (exact) mass is 1510 g/mol. The maximum atomic E-state index is 13.4. The van der Waals surface area contributed by atoms with Crippen LogP contribution in [0.3, 0.4) is 0 Å². The van der Waals surface area contributed by atoms with E-state index in [1.54, 1.807) is 30.5 Å². The van der Waals surface area contributed by atoms with Gasteiger partial charge in [0.15, 0.2) is 11.6 Å². The first-order valence-electron chi connectivity index (χ1n) is 34.6. The molecule has 0 atom stereocenters. The number of nitrogens with one attached hydrogen (secondary N) is 5. The minimum absolute atomic E-state index is 0.151. The third-order valence-corrected chi connectivity index (χ3v) is 25.3. The van der Waals surface area contributed by atoms with Crippen LogP contribution in [0.25, 0.3) is 54.5 Å². The number of piperidine rings is 5. The second-order valence-corrected chi connectivity index (χ2v) is 33.9. The smallest absolute Gasteiger partial charge is 0.361 e. The van der Waals surface area contributed by atoms with E-state index < -0.39 is 53.4 Å². The molecule has 0 aliphatic carbocycles. The standard InChI is InChI=1S/2C16H17N3O.C15H17F3N2O2S.C14H17ClN2O2S.C14H16F2N2O2S/c1-11(20)19-6-4-13(5-7-19)15-10-18-16-3-2-12(9-17)8-14(15)16;1-11(20)19-6-4-13(5-7-19)15-10-18-16-8-12(9-17)2-3-14(15)16;1-23(21,22)20-6-4-10(5-7-20)13-9-19-14-8-11(15(16,17)18)2-3-12(13)14;1-20(18,19)17-7-5-10(6-8-17)12-9-16-14-11(12)3-2-4-13(14)15;1-21(19,20)18-4-2-9(3-5-18)11-8-17-14-7-13(16)12(15)6-10(11)14/h2*2-3,8,10,13,18H,4-7H2,1H3;2-3,8-10,19H,4-7H2,1H3;2-4,9-10,16H,5-8H2,1H3;6-9,17H,2-5H2,1H3. The summed E-state index contributed by atoms with van der Waals surface area (Å²) in [5.74, 6) is 0.246. The summed E-state index contributed by atoms with van der Waals surface area (Å²) in [7, 11) is -9.40. The number of fused-ring (bicyclic) bond motifs is 5. The molecule has 0 spiro atoms. The van der Waals surface area contributed by atoms with Gasteiger partial charge in [0.1, 0.15) is 0 Å². The van der Waals surface area contributed by atoms with Crippen molar-refractivity contribution in [2.75, 3.05) is 84.2 Å². The zero-order chi connectivity index (χ0) is 74.6. The van der Waals surface area contributed by atoms with Crippen LogP contribution in [-0.2, 0) is 45.8 Å². The highest BCUT2D eigenvalue weighted by Crippen LogP contribution is 2.41. The van der Waals surface area contributed by atoms with Gasteiger partial charge in [-0.1, -0.05) is 35.9 Å². The van der Waals surface area contributed by atoms with Gasteiger partial charge in [0, 0.05) is 165 Å². The van der Waals surface area contributed by atoms with Gasteiger partial charge in [-0.3, -0.25) is 9.59 Å². The number of aromatic nitrogens is 5. The van der Waals surface area contributed by atoms with E-state index in [1.165, 1.54) is 61.6 Å². The van der Waals surface area contributed by atoms with Crippen LogP contribution in [-0.4, -0.2) is 169 Å². The Balaban J connectivity index is 0.000000130. The van der Waals surface area contributed by atoms with Crippen molar-refractivity contribution in [2.24, 2.45) is 0 Å². The van der Waals surface area contributed by atoms with E-state index in [4.69, 9.17) is 22.1 Å². The molecule has 20 nitrogen and oxygen atoms in total. The zero-order valence-corrected chi connectivity index (χ0v) is 61.6. The number of rotatable bonds is 8. The molecule has 2 amide bonds. The molecule has 104 heavy (non-hydrogen) atoms. The third kappa shape index (κ3) is 17.8. The van der Waals surface area contributed by atoms with Gasteiger partial charge in [0.25, 0.3) is 0 Å². The Morgan fingerprint density at radius 3 is 1.20 bits per heavy atom. The van der Waals surface area contributed by atoms with E-state index in [2.05, 4.69) is 55.5 Å². The van der Waals surface area contributed by atoms with Crippen LogP contribution in [0.5, 0.6) is 0 Å². The maximum absolute atomic E-state index is 13.4. The number of carbonyl (C=O) groups is 2. The minimum Gasteiger partial charge on any atom is -0.361 e. The lowest BCUT2D eigenvalue weighted by atomic mass is 9.89. The van der Waals surface area contributed by atoms with Gasteiger partial charge in [-0.15, -0.1) is 0 Å². The molecular formula is C75H84ClF5N12O8S3. The Morgan fingerprint density at radius 2 is 0.779 bits per heavy atom. The first-order chi connectivity index (χ1) is 49.4. The van der Waals surface area contributed by atoms with Gasteiger partial charge >= 0.3 is 6.18 Å². The van der Waals surface area contributed by atoms with E-state index in [0.717, 1.165) is 132 Å². The average molecular weight is 1510 g/mol. The normalized spacial score (nSPS) is 17.7. The number of H-pyrrole nitrogens is 5. The molecule has 5 aliphatic heterocycles. The molecule has 5 N–H and O–H groups in total. The van der Waals surface area contributed by atoms with Crippen molar-refractivity contribution >= 4 is 108 Å². The molecule has 0 radical (unpaired) electrons. The fraction of sp³-hybridized carbons (Fsp3) is 0.413. The molecule has 0 bridgehead atoms. The third-order valence-electron chi connectivity index (χ3n) is 21.0. The molecule has 5 aromatic carbocycles. The fourth-order valence-corrected chi connectivity index (χ4v) is 18.1. The van der Waals surface area contributed by atoms with Crippen molar-refractivity contribution in [3.05, 3.63) is 177 Å². The van der Waals surface area contributed by atoms with E-state index in [-0.39, 0.29) is 23.7 Å². The molecule has 5 fully saturated rings. The molecule has 10 heterocycles. The maximum Gasteiger partial charge on any atom is 0.416 e. The van der Waals surface area contributed by atoms with E-state index in [0.29, 0.717) is 110 Å². The van der Waals surface area contributed by atoms with Crippen molar-refractivity contribution in [3.8, 4) is 12.1 Å². The summed E-state index contributed by atoms with van der Waals surface area (Å²) < 4.78 is 139. The number of halogens is 6. The molecule has 5 aromatic heterocycles. The highest BCUT2D eigenvalue weighted by Gasteiger charge is 2.34. The molecule has 29 heteroatoms. The van der Waals surface area contributed by atoms with Gasteiger partial charge < -0.3 is 34.7 Å². The highest BCUT2D eigenvalue weighted by molar-refractivity contribution is 7.88. The lowest BCUT2D eigenvalue weighted by Crippen LogP contribution is -2.37. The van der Waals surface area contributed by atoms with Crippen LogP contribution < -0.4 is 0 Å². The molecule has 0 unspecified atom stereocenters. The Labute approximate surface area is 606 Å². The summed E-state index contributed by atoms with van der Waals surface area (Å²) >= 11 is 6.17. The summed E-state index contributed by atoms with van der Waals surface area (Å²) in [4.78, 5) is 42.2. The van der Waals surface area contributed by atoms with Crippen molar-refractivity contribution < 1.29 is 56.8 Å². The summed E-state index contributed by atoms with van der Waals surface area (Å²) in [6.45, 7) is 9.57. The molecule has 552 valence electrons. The Morgan fingerprint density at radius 1 is 0.433 bits per heavy atom. The quantitative estimate of drug-likeness (QED) is 0.0897. The van der Waals surface area contributed by atoms with Crippen LogP contribution in [0, 0.1) is 34.3 Å². The fourth-order valence-electron chi connectivity index (χ4n) is 15.2. The number of para-hydroxylation sites is 1. The predicted octanol–water partition coefficient (Wildman–Crippen LogP) is 14.4. The Hall–Kier alpha value is -8.61. The van der Waals surface area contributed by atoms with Crippen LogP contribution in [0.4, 0.5) is 22.0 Å². The number of hydrogen-bond acceptors (Lipinski definition) is 10. The highest BCUT2D eigenvalue weighted by atomic mass is 35.5. The van der Waals surface area contributed by atoms with Gasteiger partial charge in [0.05, 0.1) is 58.1 Å². The number of nitriles is 2. The number of sulfonamides is 3. The van der Waals surface area contributed by atoms with Crippen molar-refractivity contribution in [1.29, 1.82) is 10.5 Å². The SMILES string of the molecule is CC(=O)N1CCC(c2c[nH]c3cc(C#N)ccc23)CC1.CC(=O)N1CCC(c2c[nH]c3ccc(C#N)cc23)CC1.CS(=O)(=O)N1CCC(c2c[nH]c3c(Cl)cccc23)CC1.CS(=O)(=O)N1CCC(c2c[nH]c3cc(C(F)(F)F)ccc23)CC1.CS(=O)(=O)N1CCC(c2c[nH]c3cc(F)c(F)cc23)CC1. The lowest BCUT2D eigenvalue weighted by molar-refractivity contribution is -0.137. The zero-order valence-electron chi connectivity index (χ0n) is 58.4. The minimum atomic E-state index is -4.36. The van der Waals surface area contributed by atoms with Crippen LogP contribution in [0.15, 0.2) is 116 Å². The second kappa shape index (κ2) is 32.0. The average Bonchev–Trinajstić information content (AvgIpc) is 1.64. The van der Waals surface area contributed by atoms with Gasteiger partial charge in [-0.2, -0.15) is 23.7 Å². The van der Waals surface area contributed by atoms with Gasteiger partial charge in [-0.05, 0) is 176 Å².